The third-order valence-electron chi connectivity index (χ3n) is 4.33. The van der Waals surface area contributed by atoms with Crippen molar-refractivity contribution in [2.45, 2.75) is 31.2 Å². The molecule has 1 aromatic carbocycles. The van der Waals surface area contributed by atoms with Crippen molar-refractivity contribution in [3.63, 3.8) is 0 Å². The fourth-order valence-corrected chi connectivity index (χ4v) is 2.78. The summed E-state index contributed by atoms with van der Waals surface area (Å²) in [6.45, 7) is -2.01. The molecule has 1 unspecified atom stereocenters. The number of alkyl halides is 6. The Bertz CT molecular complexity index is 576. The molecule has 1 aliphatic heterocycles. The first-order chi connectivity index (χ1) is 11.0. The topological polar surface area (TPSA) is 46.3 Å². The molecule has 1 saturated heterocycles. The van der Waals surface area contributed by atoms with Crippen molar-refractivity contribution in [2.75, 3.05) is 13.1 Å². The zero-order valence-electron chi connectivity index (χ0n) is 12.9. The molecule has 0 spiro atoms. The van der Waals surface area contributed by atoms with Crippen molar-refractivity contribution in [2.24, 2.45) is 11.1 Å². The summed E-state index contributed by atoms with van der Waals surface area (Å²) >= 11 is 0. The van der Waals surface area contributed by atoms with Gasteiger partial charge >= 0.3 is 12.4 Å². The zero-order chi connectivity index (χ0) is 18.2. The molecule has 3 nitrogen and oxygen atoms in total. The number of hydrogen-bond donors (Lipinski definition) is 1. The minimum absolute atomic E-state index is 0. The van der Waals surface area contributed by atoms with Crippen LogP contribution in [0.3, 0.4) is 0 Å². The van der Waals surface area contributed by atoms with E-state index in [0.717, 1.165) is 0 Å². The van der Waals surface area contributed by atoms with E-state index in [4.69, 9.17) is 5.73 Å². The highest BCUT2D eigenvalue weighted by Crippen LogP contribution is 2.55. The average molecular weight is 391 g/mol. The SMILES string of the molecule is Cl.NC(CC(=O)N1CCC(C(F)(F)F)(C(F)(F)F)C1)c1ccccc1. The van der Waals surface area contributed by atoms with Crippen LogP contribution in [0.5, 0.6) is 0 Å². The molecular formula is C15H17ClF6N2O. The lowest BCUT2D eigenvalue weighted by atomic mass is 9.85. The van der Waals surface area contributed by atoms with Gasteiger partial charge in [0, 0.05) is 25.6 Å². The van der Waals surface area contributed by atoms with E-state index >= 15 is 0 Å². The number of nitrogens with two attached hydrogens (primary N) is 1. The standard InChI is InChI=1S/C15H16F6N2O.ClH/c16-14(17,18)13(15(19,20)21)6-7-23(9-13)12(24)8-11(22)10-4-2-1-3-5-10;/h1-5,11H,6-9,22H2;1H. The van der Waals surface area contributed by atoms with Crippen LogP contribution in [0.4, 0.5) is 26.3 Å². The molecule has 25 heavy (non-hydrogen) atoms. The van der Waals surface area contributed by atoms with Crippen LogP contribution >= 0.6 is 12.4 Å². The van der Waals surface area contributed by atoms with E-state index in [1.807, 2.05) is 0 Å². The molecule has 1 atom stereocenters. The van der Waals surface area contributed by atoms with Gasteiger partial charge in [-0.2, -0.15) is 26.3 Å². The Balaban J connectivity index is 0.00000312. The highest BCUT2D eigenvalue weighted by molar-refractivity contribution is 5.85. The predicted molar refractivity (Wildman–Crippen MR) is 81.0 cm³/mol. The molecule has 0 aliphatic carbocycles. The van der Waals surface area contributed by atoms with Gasteiger partial charge in [-0.1, -0.05) is 30.3 Å². The Morgan fingerprint density at radius 3 is 2.08 bits per heavy atom. The van der Waals surface area contributed by atoms with Crippen LogP contribution in [0.2, 0.25) is 0 Å². The van der Waals surface area contributed by atoms with E-state index in [-0.39, 0.29) is 18.8 Å². The summed E-state index contributed by atoms with van der Waals surface area (Å²) < 4.78 is 78.0. The molecule has 2 N–H and O–H groups in total. The number of amides is 1. The van der Waals surface area contributed by atoms with Gasteiger partial charge in [0.2, 0.25) is 5.91 Å². The van der Waals surface area contributed by atoms with Crippen LogP contribution < -0.4 is 5.73 Å². The normalized spacial score (nSPS) is 18.6. The van der Waals surface area contributed by atoms with Crippen LogP contribution in [0, 0.1) is 5.41 Å². The maximum absolute atomic E-state index is 13.0. The molecule has 10 heteroatoms. The minimum Gasteiger partial charge on any atom is -0.341 e. The highest BCUT2D eigenvalue weighted by Gasteiger charge is 2.72. The fourth-order valence-electron chi connectivity index (χ4n) is 2.78. The maximum atomic E-state index is 13.0. The Morgan fingerprint density at radius 2 is 1.64 bits per heavy atom. The zero-order valence-corrected chi connectivity index (χ0v) is 13.7. The lowest BCUT2D eigenvalue weighted by molar-refractivity contribution is -0.334. The van der Waals surface area contributed by atoms with Gasteiger partial charge in [0.1, 0.15) is 0 Å². The quantitative estimate of drug-likeness (QED) is 0.797. The summed E-state index contributed by atoms with van der Waals surface area (Å²) in [5, 5.41) is 0. The second-order valence-electron chi connectivity index (χ2n) is 5.86. The molecule has 2 rings (SSSR count). The van der Waals surface area contributed by atoms with E-state index < -0.39 is 49.2 Å². The van der Waals surface area contributed by atoms with Crippen LogP contribution in [-0.2, 0) is 4.79 Å². The molecule has 0 saturated carbocycles. The van der Waals surface area contributed by atoms with Gasteiger partial charge in [-0.05, 0) is 12.0 Å². The largest absolute Gasteiger partial charge is 0.404 e. The van der Waals surface area contributed by atoms with Gasteiger partial charge in [0.15, 0.2) is 5.41 Å². The number of halogens is 7. The van der Waals surface area contributed by atoms with E-state index in [0.29, 0.717) is 10.5 Å². The molecule has 1 aliphatic rings. The molecule has 1 amide bonds. The fraction of sp³-hybridized carbons (Fsp3) is 0.533. The third-order valence-corrected chi connectivity index (χ3v) is 4.33. The predicted octanol–water partition coefficient (Wildman–Crippen LogP) is 3.84. The highest BCUT2D eigenvalue weighted by atomic mass is 35.5. The van der Waals surface area contributed by atoms with Crippen molar-refractivity contribution < 1.29 is 31.1 Å². The van der Waals surface area contributed by atoms with Gasteiger partial charge in [0.25, 0.3) is 0 Å². The molecule has 1 heterocycles. The van der Waals surface area contributed by atoms with Gasteiger partial charge < -0.3 is 10.6 Å². The number of nitrogens with zero attached hydrogens (tertiary/aromatic N) is 1. The van der Waals surface area contributed by atoms with E-state index in [9.17, 15) is 31.1 Å². The van der Waals surface area contributed by atoms with Crippen molar-refractivity contribution >= 4 is 18.3 Å². The van der Waals surface area contributed by atoms with Crippen LogP contribution in [0.15, 0.2) is 30.3 Å². The molecule has 142 valence electrons. The third kappa shape index (κ3) is 4.20. The van der Waals surface area contributed by atoms with Gasteiger partial charge in [-0.15, -0.1) is 12.4 Å². The molecule has 1 fully saturated rings. The summed E-state index contributed by atoms with van der Waals surface area (Å²) in [5.74, 6) is -0.818. The Labute approximate surface area is 146 Å². The average Bonchev–Trinajstić information content (AvgIpc) is 2.94. The number of rotatable bonds is 3. The lowest BCUT2D eigenvalue weighted by Gasteiger charge is -2.33. The summed E-state index contributed by atoms with van der Waals surface area (Å²) in [6.07, 6.45) is -12.5. The number of carbonyl (C=O) groups excluding carboxylic acids is 1. The Morgan fingerprint density at radius 1 is 1.12 bits per heavy atom. The van der Waals surface area contributed by atoms with E-state index in [1.165, 1.54) is 0 Å². The van der Waals surface area contributed by atoms with Crippen molar-refractivity contribution in [1.29, 1.82) is 0 Å². The van der Waals surface area contributed by atoms with E-state index in [1.54, 1.807) is 30.3 Å². The van der Waals surface area contributed by atoms with Gasteiger partial charge in [-0.3, -0.25) is 4.79 Å². The second kappa shape index (κ2) is 7.41. The second-order valence-corrected chi connectivity index (χ2v) is 5.86. The van der Waals surface area contributed by atoms with Crippen molar-refractivity contribution in [1.82, 2.24) is 4.90 Å². The monoisotopic (exact) mass is 390 g/mol. The molecule has 0 aromatic heterocycles. The number of likely N-dealkylation sites (tertiary alicyclic amines) is 1. The van der Waals surface area contributed by atoms with Crippen molar-refractivity contribution in [3.8, 4) is 0 Å². The number of carbonyl (C=O) groups is 1. The summed E-state index contributed by atoms with van der Waals surface area (Å²) in [5.41, 5.74) is 2.53. The Kier molecular flexibility index (Phi) is 6.39. The van der Waals surface area contributed by atoms with Crippen LogP contribution in [0.1, 0.15) is 24.4 Å². The smallest absolute Gasteiger partial charge is 0.341 e. The molecular weight excluding hydrogens is 374 g/mol. The lowest BCUT2D eigenvalue weighted by Crippen LogP contribution is -2.52. The maximum Gasteiger partial charge on any atom is 0.404 e. The van der Waals surface area contributed by atoms with Crippen LogP contribution in [-0.4, -0.2) is 36.2 Å². The number of benzene rings is 1. The first-order valence-electron chi connectivity index (χ1n) is 7.20. The molecule has 1 aromatic rings. The van der Waals surface area contributed by atoms with E-state index in [2.05, 4.69) is 0 Å². The van der Waals surface area contributed by atoms with Crippen LogP contribution in [0.25, 0.3) is 0 Å². The molecule has 0 bridgehead atoms. The summed E-state index contributed by atoms with van der Waals surface area (Å²) in [6, 6.07) is 7.56. The first-order valence-corrected chi connectivity index (χ1v) is 7.20. The van der Waals surface area contributed by atoms with Gasteiger partial charge in [-0.25, -0.2) is 0 Å². The summed E-state index contributed by atoms with van der Waals surface area (Å²) in [7, 11) is 0. The minimum atomic E-state index is -5.47. The van der Waals surface area contributed by atoms with Gasteiger partial charge in [0.05, 0.1) is 0 Å². The summed E-state index contributed by atoms with van der Waals surface area (Å²) in [4.78, 5) is 12.7. The van der Waals surface area contributed by atoms with Crippen molar-refractivity contribution in [3.05, 3.63) is 35.9 Å². The molecule has 0 radical (unpaired) electrons. The number of hydrogen-bond acceptors (Lipinski definition) is 2. The Hall–Kier alpha value is -1.48. The first kappa shape index (κ1) is 21.6.